The van der Waals surface area contributed by atoms with Gasteiger partial charge >= 0.3 is 11.9 Å². The van der Waals surface area contributed by atoms with Crippen LogP contribution in [-0.4, -0.2) is 57.9 Å². The Morgan fingerprint density at radius 3 is 1.39 bits per heavy atom. The highest BCUT2D eigenvalue weighted by atomic mass is 16.5. The zero-order chi connectivity index (χ0) is 51.4. The molecular formula is C60H114N2O7. The fourth-order valence-electron chi connectivity index (χ4n) is 9.08. The molecule has 0 aliphatic carbocycles. The molecule has 1 aliphatic rings. The standard InChI is InChI=1S/C24H47NO3.C22H40O3.C14H27NO/c1-4-7-9-11-12-13-14-15-16-18-21(26)20-23(25)22(24(27)28-6-3)19-17-10-8-5-2;1-3-5-7-9-10-11-12-13-14-16-19-18-21(23)20(22(24)25-19)17-15-8-6-4-2;1-2-3-4-5-6-7-8-9-10-11-14(16)12-13-15/h21-22,25-26H,4-20H2,1-3H3;19,23H,3-18H2,1-2H3;14,16H,2-12H2,1H3/t21-,22?;;14-/m1.1/s1. The summed E-state index contributed by atoms with van der Waals surface area (Å²) in [6, 6.07) is 2.00. The van der Waals surface area contributed by atoms with Crippen LogP contribution >= 0.6 is 0 Å². The SMILES string of the molecule is CCCCCCCCCCCC1CC(O)=C(CCCCCC)C(=O)O1.CCCCCCCCCCC[C@@H](O)CC#N.CCCCCCCCCCC[C@@H](O)CC(=N)C(CCCCCC)C(=O)OCC. The molecule has 4 atom stereocenters. The van der Waals surface area contributed by atoms with Crippen LogP contribution < -0.4 is 0 Å². The minimum Gasteiger partial charge on any atom is -0.512 e. The Bertz CT molecular complexity index is 1230. The molecule has 1 aliphatic heterocycles. The summed E-state index contributed by atoms with van der Waals surface area (Å²) in [5.74, 6) is -0.760. The number of rotatable bonds is 46. The number of hydrogen-bond acceptors (Lipinski definition) is 9. The number of unbranched alkanes of at least 4 members (excludes halogenated alkanes) is 30. The van der Waals surface area contributed by atoms with Crippen molar-refractivity contribution in [1.29, 1.82) is 10.7 Å². The zero-order valence-electron chi connectivity index (χ0n) is 46.3. The zero-order valence-corrected chi connectivity index (χ0v) is 46.3. The third-order valence-corrected chi connectivity index (χ3v) is 13.6. The van der Waals surface area contributed by atoms with Gasteiger partial charge in [-0.05, 0) is 51.9 Å². The highest BCUT2D eigenvalue weighted by Gasteiger charge is 2.28. The van der Waals surface area contributed by atoms with Gasteiger partial charge in [-0.3, -0.25) is 4.79 Å². The summed E-state index contributed by atoms with van der Waals surface area (Å²) in [7, 11) is 0. The first-order valence-electron chi connectivity index (χ1n) is 29.6. The molecule has 0 radical (unpaired) electrons. The van der Waals surface area contributed by atoms with Gasteiger partial charge in [0.2, 0.25) is 0 Å². The van der Waals surface area contributed by atoms with Crippen LogP contribution in [0, 0.1) is 22.7 Å². The van der Waals surface area contributed by atoms with Gasteiger partial charge in [-0.2, -0.15) is 5.26 Å². The van der Waals surface area contributed by atoms with E-state index in [1.54, 1.807) is 6.92 Å². The molecule has 0 bridgehead atoms. The molecule has 0 aromatic rings. The van der Waals surface area contributed by atoms with Gasteiger partial charge in [0, 0.05) is 18.6 Å². The summed E-state index contributed by atoms with van der Waals surface area (Å²) >= 11 is 0. The maximum absolute atomic E-state index is 12.2. The Labute approximate surface area is 427 Å². The average molecular weight is 976 g/mol. The van der Waals surface area contributed by atoms with Crippen LogP contribution in [0.1, 0.15) is 318 Å². The average Bonchev–Trinajstić information content (AvgIpc) is 3.32. The van der Waals surface area contributed by atoms with E-state index in [0.717, 1.165) is 83.5 Å². The van der Waals surface area contributed by atoms with E-state index in [0.29, 0.717) is 43.6 Å². The van der Waals surface area contributed by atoms with E-state index in [1.807, 2.05) is 6.07 Å². The van der Waals surface area contributed by atoms with Crippen molar-refractivity contribution in [3.63, 3.8) is 0 Å². The number of nitriles is 1. The lowest BCUT2D eigenvalue weighted by Gasteiger charge is -2.24. The first-order valence-corrected chi connectivity index (χ1v) is 29.6. The van der Waals surface area contributed by atoms with E-state index >= 15 is 0 Å². The van der Waals surface area contributed by atoms with Crippen molar-refractivity contribution in [2.75, 3.05) is 6.61 Å². The number of nitrogens with zero attached hydrogens (tertiary/aromatic N) is 1. The second kappa shape index (κ2) is 53.4. The first kappa shape index (κ1) is 68.6. The molecule has 2 unspecified atom stereocenters. The minimum atomic E-state index is -0.510. The van der Waals surface area contributed by atoms with E-state index in [1.165, 1.54) is 161 Å². The lowest BCUT2D eigenvalue weighted by Crippen LogP contribution is -2.28. The number of aliphatic hydroxyl groups is 3. The highest BCUT2D eigenvalue weighted by Crippen LogP contribution is 2.27. The van der Waals surface area contributed by atoms with Gasteiger partial charge < -0.3 is 30.2 Å². The Hall–Kier alpha value is -2.44. The third kappa shape index (κ3) is 45.2. The summed E-state index contributed by atoms with van der Waals surface area (Å²) in [5, 5.41) is 46.5. The highest BCUT2D eigenvalue weighted by molar-refractivity contribution is 6.00. The molecule has 406 valence electrons. The quantitative estimate of drug-likeness (QED) is 0.0266. The molecule has 69 heavy (non-hydrogen) atoms. The maximum Gasteiger partial charge on any atom is 0.337 e. The van der Waals surface area contributed by atoms with Gasteiger partial charge in [0.25, 0.3) is 0 Å². The molecule has 4 N–H and O–H groups in total. The van der Waals surface area contributed by atoms with Gasteiger partial charge in [-0.1, -0.05) is 247 Å². The molecule has 0 aromatic carbocycles. The summed E-state index contributed by atoms with van der Waals surface area (Å²) in [5.41, 5.74) is 0.873. The Morgan fingerprint density at radius 2 is 0.971 bits per heavy atom. The molecule has 0 aromatic heterocycles. The van der Waals surface area contributed by atoms with Crippen LogP contribution in [0.4, 0.5) is 0 Å². The van der Waals surface area contributed by atoms with Crippen molar-refractivity contribution in [3.05, 3.63) is 11.3 Å². The number of aliphatic hydroxyl groups excluding tert-OH is 3. The summed E-state index contributed by atoms with van der Waals surface area (Å²) in [6.45, 7) is 13.2. The van der Waals surface area contributed by atoms with Crippen molar-refractivity contribution in [1.82, 2.24) is 0 Å². The fourth-order valence-corrected chi connectivity index (χ4v) is 9.08. The van der Waals surface area contributed by atoms with Crippen LogP contribution in [0.3, 0.4) is 0 Å². The van der Waals surface area contributed by atoms with Gasteiger partial charge in [0.1, 0.15) is 11.9 Å². The molecule has 0 saturated carbocycles. The number of carbonyl (C=O) groups is 2. The molecule has 0 spiro atoms. The van der Waals surface area contributed by atoms with E-state index in [9.17, 15) is 24.9 Å². The van der Waals surface area contributed by atoms with Crippen LogP contribution in [0.5, 0.6) is 0 Å². The largest absolute Gasteiger partial charge is 0.512 e. The normalized spacial score (nSPS) is 14.7. The number of esters is 2. The van der Waals surface area contributed by atoms with E-state index in [4.69, 9.17) is 20.1 Å². The number of ether oxygens (including phenoxy) is 2. The van der Waals surface area contributed by atoms with E-state index in [-0.39, 0.29) is 30.2 Å². The summed E-state index contributed by atoms with van der Waals surface area (Å²) < 4.78 is 10.7. The molecule has 9 nitrogen and oxygen atoms in total. The predicted octanol–water partition coefficient (Wildman–Crippen LogP) is 18.0. The number of nitrogens with one attached hydrogen (secondary N) is 1. The lowest BCUT2D eigenvalue weighted by atomic mass is 9.91. The summed E-state index contributed by atoms with van der Waals surface area (Å²) in [6.07, 6.45) is 47.3. The molecule has 1 heterocycles. The first-order chi connectivity index (χ1) is 33.6. The Morgan fingerprint density at radius 1 is 0.594 bits per heavy atom. The van der Waals surface area contributed by atoms with E-state index < -0.39 is 18.1 Å². The smallest absolute Gasteiger partial charge is 0.337 e. The molecule has 0 saturated heterocycles. The third-order valence-electron chi connectivity index (χ3n) is 13.6. The Kier molecular flexibility index (Phi) is 53.1. The van der Waals surface area contributed by atoms with E-state index in [2.05, 4.69) is 34.6 Å². The summed E-state index contributed by atoms with van der Waals surface area (Å²) in [4.78, 5) is 24.3. The van der Waals surface area contributed by atoms with Crippen LogP contribution in [0.15, 0.2) is 11.3 Å². The van der Waals surface area contributed by atoms with Crippen molar-refractivity contribution in [2.24, 2.45) is 5.92 Å². The molecule has 0 amide bonds. The lowest BCUT2D eigenvalue weighted by molar-refractivity contribution is -0.147. The second-order valence-corrected chi connectivity index (χ2v) is 20.4. The number of cyclic esters (lactones) is 1. The van der Waals surface area contributed by atoms with Crippen LogP contribution in [-0.2, 0) is 19.1 Å². The van der Waals surface area contributed by atoms with Crippen molar-refractivity contribution in [3.8, 4) is 6.07 Å². The van der Waals surface area contributed by atoms with Gasteiger partial charge in [-0.15, -0.1) is 0 Å². The van der Waals surface area contributed by atoms with Gasteiger partial charge in [0.15, 0.2) is 0 Å². The fraction of sp³-hybridized carbons (Fsp3) is 0.900. The molecular weight excluding hydrogens is 861 g/mol. The van der Waals surface area contributed by atoms with Gasteiger partial charge in [0.05, 0.1) is 42.8 Å². The topological polar surface area (TPSA) is 161 Å². The maximum atomic E-state index is 12.2. The van der Waals surface area contributed by atoms with Gasteiger partial charge in [-0.25, -0.2) is 4.79 Å². The predicted molar refractivity (Wildman–Crippen MR) is 292 cm³/mol. The Balaban J connectivity index is 0. The number of hydrogen-bond donors (Lipinski definition) is 4. The van der Waals surface area contributed by atoms with Crippen molar-refractivity contribution in [2.45, 2.75) is 336 Å². The van der Waals surface area contributed by atoms with Crippen molar-refractivity contribution >= 4 is 17.7 Å². The molecule has 9 heteroatoms. The second-order valence-electron chi connectivity index (χ2n) is 20.4. The molecule has 1 rings (SSSR count). The monoisotopic (exact) mass is 975 g/mol. The molecule has 0 fully saturated rings. The van der Waals surface area contributed by atoms with Crippen LogP contribution in [0.25, 0.3) is 0 Å². The van der Waals surface area contributed by atoms with Crippen molar-refractivity contribution < 1.29 is 34.4 Å². The number of carbonyl (C=O) groups excluding carboxylic acids is 2. The van der Waals surface area contributed by atoms with Crippen LogP contribution in [0.2, 0.25) is 0 Å². The minimum absolute atomic E-state index is 0.114.